The topological polar surface area (TPSA) is 29.1 Å². The molecule has 0 heterocycles. The fraction of sp³-hybridized carbons (Fsp3) is 0.533. The Bertz CT molecular complexity index is 340. The molecule has 0 saturated heterocycles. The van der Waals surface area contributed by atoms with E-state index in [2.05, 4.69) is 18.5 Å². The van der Waals surface area contributed by atoms with Gasteiger partial charge in [-0.2, -0.15) is 0 Å². The van der Waals surface area contributed by atoms with Crippen molar-refractivity contribution in [2.24, 2.45) is 0 Å². The Balaban J connectivity index is 2.19. The van der Waals surface area contributed by atoms with Crippen molar-refractivity contribution in [3.05, 3.63) is 35.9 Å². The fourth-order valence-electron chi connectivity index (χ4n) is 2.11. The number of carbonyl (C=O) groups excluding carboxylic acids is 1. The molecule has 0 atom stereocenters. The molecule has 0 unspecified atom stereocenters. The lowest BCUT2D eigenvalue weighted by Crippen LogP contribution is -2.35. The van der Waals surface area contributed by atoms with Gasteiger partial charge < -0.3 is 5.32 Å². The molecule has 100 valence electrons. The van der Waals surface area contributed by atoms with Crippen LogP contribution in [-0.2, 0) is 4.79 Å². The van der Waals surface area contributed by atoms with Gasteiger partial charge in [0.05, 0.1) is 0 Å². The number of hydrogen-bond acceptors (Lipinski definition) is 1. The molecule has 3 heteroatoms. The zero-order chi connectivity index (χ0) is 13.4. The van der Waals surface area contributed by atoms with Crippen molar-refractivity contribution in [2.45, 2.75) is 51.0 Å². The average Bonchev–Trinajstić information content (AvgIpc) is 2.35. The van der Waals surface area contributed by atoms with Crippen LogP contribution in [0.1, 0.15) is 44.9 Å². The minimum atomic E-state index is 0.126. The molecule has 18 heavy (non-hydrogen) atoms. The average molecular weight is 268 g/mol. The number of allylic oxidation sites excluding steroid dienone is 4. The molecule has 1 saturated carbocycles. The van der Waals surface area contributed by atoms with E-state index in [-0.39, 0.29) is 5.91 Å². The summed E-state index contributed by atoms with van der Waals surface area (Å²) in [6.45, 7) is 7.44. The zero-order valence-electron chi connectivity index (χ0n) is 10.9. The highest BCUT2D eigenvalue weighted by atomic mass is 35.5. The Kier molecular flexibility index (Phi) is 6.81. The Hall–Kier alpha value is -1.02. The van der Waals surface area contributed by atoms with Crippen molar-refractivity contribution in [3.63, 3.8) is 0 Å². The van der Waals surface area contributed by atoms with Crippen LogP contribution in [0.3, 0.4) is 0 Å². The lowest BCUT2D eigenvalue weighted by atomic mass is 9.95. The number of nitrogens with one attached hydrogen (secondary N) is 1. The first kappa shape index (κ1) is 15.0. The molecule has 1 fully saturated rings. The Labute approximate surface area is 115 Å². The lowest BCUT2D eigenvalue weighted by molar-refractivity contribution is -0.121. The summed E-state index contributed by atoms with van der Waals surface area (Å²) < 4.78 is 0. The first-order valence-electron chi connectivity index (χ1n) is 6.57. The first-order chi connectivity index (χ1) is 8.58. The van der Waals surface area contributed by atoms with E-state index >= 15 is 0 Å². The van der Waals surface area contributed by atoms with E-state index in [1.54, 1.807) is 6.08 Å². The highest BCUT2D eigenvalue weighted by Gasteiger charge is 2.15. The van der Waals surface area contributed by atoms with Gasteiger partial charge in [-0.3, -0.25) is 4.79 Å². The summed E-state index contributed by atoms with van der Waals surface area (Å²) in [4.78, 5) is 11.7. The summed E-state index contributed by atoms with van der Waals surface area (Å²) in [5.74, 6) is 0.126. The molecule has 1 aliphatic carbocycles. The molecule has 0 aromatic rings. The number of hydrogen-bond donors (Lipinski definition) is 1. The summed E-state index contributed by atoms with van der Waals surface area (Å²) in [7, 11) is 0. The molecule has 0 aromatic heterocycles. The maximum absolute atomic E-state index is 11.7. The Morgan fingerprint density at radius 1 is 1.17 bits per heavy atom. The molecule has 0 aliphatic heterocycles. The normalized spacial score (nSPS) is 16.7. The molecule has 0 spiro atoms. The molecular weight excluding hydrogens is 246 g/mol. The molecule has 0 radical (unpaired) electrons. The predicted octanol–water partition coefficient (Wildman–Crippen LogP) is 4.08. The second-order valence-electron chi connectivity index (χ2n) is 4.84. The first-order valence-corrected chi connectivity index (χ1v) is 6.95. The van der Waals surface area contributed by atoms with Crippen molar-refractivity contribution in [2.75, 3.05) is 0 Å². The van der Waals surface area contributed by atoms with Crippen LogP contribution in [0.4, 0.5) is 0 Å². The van der Waals surface area contributed by atoms with Gasteiger partial charge in [-0.25, -0.2) is 0 Å². The van der Waals surface area contributed by atoms with Gasteiger partial charge in [0.2, 0.25) is 5.91 Å². The number of carbonyl (C=O) groups is 1. The third kappa shape index (κ3) is 6.65. The largest absolute Gasteiger partial charge is 0.353 e. The number of amides is 1. The Morgan fingerprint density at radius 3 is 2.44 bits per heavy atom. The maximum Gasteiger partial charge on any atom is 0.220 e. The van der Waals surface area contributed by atoms with Gasteiger partial charge in [0, 0.05) is 17.5 Å². The molecule has 1 N–H and O–H groups in total. The molecule has 2 nitrogen and oxygen atoms in total. The van der Waals surface area contributed by atoms with Crippen LogP contribution in [0.25, 0.3) is 0 Å². The summed E-state index contributed by atoms with van der Waals surface area (Å²) in [5, 5.41) is 3.57. The quantitative estimate of drug-likeness (QED) is 0.722. The second kappa shape index (κ2) is 8.15. The van der Waals surface area contributed by atoms with Gasteiger partial charge in [0.25, 0.3) is 0 Å². The summed E-state index contributed by atoms with van der Waals surface area (Å²) in [6.07, 6.45) is 10.7. The molecule has 1 rings (SSSR count). The summed E-state index contributed by atoms with van der Waals surface area (Å²) in [5.41, 5.74) is 0.899. The SMILES string of the molecule is C=C(Cl)/C=C\C(=C)CCC(=O)NC1CCCCC1. The van der Waals surface area contributed by atoms with Crippen LogP contribution < -0.4 is 5.32 Å². The summed E-state index contributed by atoms with van der Waals surface area (Å²) >= 11 is 5.61. The van der Waals surface area contributed by atoms with E-state index in [0.29, 0.717) is 23.9 Å². The van der Waals surface area contributed by atoms with E-state index in [1.807, 2.05) is 6.08 Å². The highest BCUT2D eigenvalue weighted by Crippen LogP contribution is 2.17. The minimum Gasteiger partial charge on any atom is -0.353 e. The second-order valence-corrected chi connectivity index (χ2v) is 5.33. The van der Waals surface area contributed by atoms with Gasteiger partial charge in [-0.05, 0) is 25.3 Å². The molecule has 0 bridgehead atoms. The van der Waals surface area contributed by atoms with E-state index in [4.69, 9.17) is 11.6 Å². The van der Waals surface area contributed by atoms with E-state index in [9.17, 15) is 4.79 Å². The van der Waals surface area contributed by atoms with Crippen LogP contribution in [0.15, 0.2) is 35.9 Å². The van der Waals surface area contributed by atoms with Crippen molar-refractivity contribution >= 4 is 17.5 Å². The third-order valence-electron chi connectivity index (χ3n) is 3.14. The Morgan fingerprint density at radius 2 is 1.83 bits per heavy atom. The van der Waals surface area contributed by atoms with Crippen LogP contribution in [0.5, 0.6) is 0 Å². The van der Waals surface area contributed by atoms with Gasteiger partial charge >= 0.3 is 0 Å². The zero-order valence-corrected chi connectivity index (χ0v) is 11.6. The van der Waals surface area contributed by atoms with Crippen molar-refractivity contribution in [1.82, 2.24) is 5.32 Å². The molecular formula is C15H22ClNO. The smallest absolute Gasteiger partial charge is 0.220 e. The fourth-order valence-corrected chi connectivity index (χ4v) is 2.18. The van der Waals surface area contributed by atoms with Crippen LogP contribution in [0.2, 0.25) is 0 Å². The predicted molar refractivity (Wildman–Crippen MR) is 77.5 cm³/mol. The standard InChI is InChI=1S/C15H22ClNO/c1-12(8-10-13(2)16)9-11-15(18)17-14-6-4-3-5-7-14/h8,10,14H,1-7,9,11H2,(H,17,18)/b10-8-. The van der Waals surface area contributed by atoms with Crippen molar-refractivity contribution in [1.29, 1.82) is 0 Å². The summed E-state index contributed by atoms with van der Waals surface area (Å²) in [6, 6.07) is 0.387. The highest BCUT2D eigenvalue weighted by molar-refractivity contribution is 6.30. The number of rotatable bonds is 6. The van der Waals surface area contributed by atoms with Gasteiger partial charge in [0.1, 0.15) is 0 Å². The van der Waals surface area contributed by atoms with Crippen molar-refractivity contribution in [3.8, 4) is 0 Å². The monoisotopic (exact) mass is 267 g/mol. The molecule has 0 aromatic carbocycles. The minimum absolute atomic E-state index is 0.126. The third-order valence-corrected chi connectivity index (χ3v) is 3.27. The van der Waals surface area contributed by atoms with Crippen LogP contribution in [-0.4, -0.2) is 11.9 Å². The molecule has 1 amide bonds. The van der Waals surface area contributed by atoms with Crippen LogP contribution in [0, 0.1) is 0 Å². The van der Waals surface area contributed by atoms with E-state index < -0.39 is 0 Å². The lowest BCUT2D eigenvalue weighted by Gasteiger charge is -2.22. The van der Waals surface area contributed by atoms with Gasteiger partial charge in [-0.1, -0.05) is 55.7 Å². The van der Waals surface area contributed by atoms with E-state index in [1.165, 1.54) is 19.3 Å². The van der Waals surface area contributed by atoms with Gasteiger partial charge in [0.15, 0.2) is 0 Å². The molecule has 1 aliphatic rings. The van der Waals surface area contributed by atoms with Crippen molar-refractivity contribution < 1.29 is 4.79 Å². The van der Waals surface area contributed by atoms with Gasteiger partial charge in [-0.15, -0.1) is 0 Å². The van der Waals surface area contributed by atoms with E-state index in [0.717, 1.165) is 18.4 Å². The van der Waals surface area contributed by atoms with Crippen LogP contribution >= 0.6 is 11.6 Å². The number of halogens is 1. The maximum atomic E-state index is 11.7.